The molecule has 0 aliphatic heterocycles. The highest BCUT2D eigenvalue weighted by Crippen LogP contribution is 2.27. The minimum absolute atomic E-state index is 0.00998. The van der Waals surface area contributed by atoms with Crippen molar-refractivity contribution in [1.82, 2.24) is 0 Å². The molecule has 29 heavy (non-hydrogen) atoms. The number of carbonyl (C=O) groups excluding carboxylic acids is 1. The molecular weight excluding hydrogens is 360 g/mol. The Hall–Kier alpha value is -3.06. The van der Waals surface area contributed by atoms with Gasteiger partial charge < -0.3 is 9.64 Å². The smallest absolute Gasteiger partial charge is 0.349 e. The van der Waals surface area contributed by atoms with Gasteiger partial charge in [-0.3, -0.25) is 0 Å². The molecule has 152 valence electrons. The SMILES string of the molecule is Cc1cc(C(C)(C)C)cc(C)c1COC(=O)/C(C#N)=C\c1ccc(N(C)C)cc1. The van der Waals surface area contributed by atoms with E-state index in [0.29, 0.717) is 0 Å². The molecule has 0 fully saturated rings. The van der Waals surface area contributed by atoms with Crippen LogP contribution < -0.4 is 4.90 Å². The van der Waals surface area contributed by atoms with E-state index in [0.717, 1.165) is 27.9 Å². The number of esters is 1. The third-order valence-corrected chi connectivity index (χ3v) is 4.97. The quantitative estimate of drug-likeness (QED) is 0.394. The molecule has 0 amide bonds. The Bertz CT molecular complexity index is 933. The first-order chi connectivity index (χ1) is 13.5. The van der Waals surface area contributed by atoms with Crippen molar-refractivity contribution in [2.75, 3.05) is 19.0 Å². The molecule has 0 unspecified atom stereocenters. The van der Waals surface area contributed by atoms with Crippen LogP contribution in [-0.2, 0) is 21.6 Å². The van der Waals surface area contributed by atoms with Gasteiger partial charge >= 0.3 is 5.97 Å². The van der Waals surface area contributed by atoms with Gasteiger partial charge in [0.2, 0.25) is 0 Å². The molecule has 4 nitrogen and oxygen atoms in total. The molecular formula is C25H30N2O2. The first-order valence-corrected chi connectivity index (χ1v) is 9.70. The standard InChI is InChI=1S/C25H30N2O2/c1-17-12-21(25(3,4)5)13-18(2)23(17)16-29-24(28)20(15-26)14-19-8-10-22(11-9-19)27(6)7/h8-14H,16H2,1-7H3/b20-14-. The summed E-state index contributed by atoms with van der Waals surface area (Å²) in [6, 6.07) is 13.9. The summed E-state index contributed by atoms with van der Waals surface area (Å²) in [4.78, 5) is 14.4. The van der Waals surface area contributed by atoms with Crippen LogP contribution in [0.1, 0.15) is 48.6 Å². The van der Waals surface area contributed by atoms with Crippen LogP contribution in [0.5, 0.6) is 0 Å². The van der Waals surface area contributed by atoms with Crippen LogP contribution in [0.3, 0.4) is 0 Å². The molecule has 0 aromatic heterocycles. The molecule has 0 bridgehead atoms. The lowest BCUT2D eigenvalue weighted by Crippen LogP contribution is -2.13. The van der Waals surface area contributed by atoms with Crippen molar-refractivity contribution in [2.45, 2.75) is 46.6 Å². The Balaban J connectivity index is 2.16. The Morgan fingerprint density at radius 2 is 1.66 bits per heavy atom. The van der Waals surface area contributed by atoms with Gasteiger partial charge in [0.1, 0.15) is 18.2 Å². The van der Waals surface area contributed by atoms with Crippen molar-refractivity contribution in [1.29, 1.82) is 5.26 Å². The zero-order valence-electron chi connectivity index (χ0n) is 18.5. The van der Waals surface area contributed by atoms with Gasteiger partial charge in [0.05, 0.1) is 0 Å². The third kappa shape index (κ3) is 5.71. The number of benzene rings is 2. The second-order valence-corrected chi connectivity index (χ2v) is 8.57. The lowest BCUT2D eigenvalue weighted by atomic mass is 9.84. The summed E-state index contributed by atoms with van der Waals surface area (Å²) in [5, 5.41) is 9.41. The summed E-state index contributed by atoms with van der Waals surface area (Å²) >= 11 is 0. The molecule has 0 spiro atoms. The van der Waals surface area contributed by atoms with Gasteiger partial charge in [-0.1, -0.05) is 45.0 Å². The van der Waals surface area contributed by atoms with Gasteiger partial charge in [-0.2, -0.15) is 5.26 Å². The molecule has 2 rings (SSSR count). The normalized spacial score (nSPS) is 11.7. The number of hydrogen-bond donors (Lipinski definition) is 0. The fourth-order valence-electron chi connectivity index (χ4n) is 3.04. The third-order valence-electron chi connectivity index (χ3n) is 4.97. The summed E-state index contributed by atoms with van der Waals surface area (Å²) in [5.74, 6) is -0.608. The summed E-state index contributed by atoms with van der Waals surface area (Å²) in [5.41, 5.74) is 6.29. The highest BCUT2D eigenvalue weighted by atomic mass is 16.5. The number of hydrogen-bond acceptors (Lipinski definition) is 4. The van der Waals surface area contributed by atoms with E-state index in [2.05, 4.69) is 32.9 Å². The number of nitriles is 1. The Kier molecular flexibility index (Phi) is 6.87. The predicted molar refractivity (Wildman–Crippen MR) is 119 cm³/mol. The van der Waals surface area contributed by atoms with Gasteiger partial charge in [0.15, 0.2) is 0 Å². The lowest BCUT2D eigenvalue weighted by Gasteiger charge is -2.22. The summed E-state index contributed by atoms with van der Waals surface area (Å²) < 4.78 is 5.46. The number of rotatable bonds is 5. The molecule has 0 saturated carbocycles. The highest BCUT2D eigenvalue weighted by Gasteiger charge is 2.18. The lowest BCUT2D eigenvalue weighted by molar-refractivity contribution is -0.139. The van der Waals surface area contributed by atoms with Crippen LogP contribution in [0.15, 0.2) is 42.0 Å². The molecule has 0 N–H and O–H groups in total. The molecule has 0 aliphatic rings. The molecule has 2 aromatic rings. The molecule has 2 aromatic carbocycles. The molecule has 0 radical (unpaired) electrons. The minimum Gasteiger partial charge on any atom is -0.457 e. The van der Waals surface area contributed by atoms with Crippen molar-refractivity contribution in [3.63, 3.8) is 0 Å². The van der Waals surface area contributed by atoms with Crippen LogP contribution in [0.4, 0.5) is 5.69 Å². The first-order valence-electron chi connectivity index (χ1n) is 9.70. The number of ether oxygens (including phenoxy) is 1. The fourth-order valence-corrected chi connectivity index (χ4v) is 3.04. The zero-order chi connectivity index (χ0) is 21.8. The van der Waals surface area contributed by atoms with Crippen LogP contribution in [0.2, 0.25) is 0 Å². The molecule has 0 saturated heterocycles. The molecule has 0 atom stereocenters. The average molecular weight is 391 g/mol. The maximum atomic E-state index is 12.5. The number of nitrogens with zero attached hydrogens (tertiary/aromatic N) is 2. The summed E-state index contributed by atoms with van der Waals surface area (Å²) in [6.07, 6.45) is 1.56. The van der Waals surface area contributed by atoms with Crippen LogP contribution in [0, 0.1) is 25.2 Å². The van der Waals surface area contributed by atoms with Gasteiger partial charge in [-0.25, -0.2) is 4.79 Å². The fraction of sp³-hybridized carbons (Fsp3) is 0.360. The van der Waals surface area contributed by atoms with Crippen molar-refractivity contribution >= 4 is 17.7 Å². The van der Waals surface area contributed by atoms with E-state index in [1.807, 2.05) is 63.2 Å². The van der Waals surface area contributed by atoms with E-state index >= 15 is 0 Å². The second kappa shape index (κ2) is 8.96. The topological polar surface area (TPSA) is 53.3 Å². The summed E-state index contributed by atoms with van der Waals surface area (Å²) in [7, 11) is 3.92. The first kappa shape index (κ1) is 22.2. The van der Waals surface area contributed by atoms with Crippen molar-refractivity contribution in [3.05, 3.63) is 69.8 Å². The van der Waals surface area contributed by atoms with E-state index in [-0.39, 0.29) is 17.6 Å². The van der Waals surface area contributed by atoms with Gasteiger partial charge in [0.25, 0.3) is 0 Å². The van der Waals surface area contributed by atoms with E-state index < -0.39 is 5.97 Å². The van der Waals surface area contributed by atoms with E-state index in [4.69, 9.17) is 4.74 Å². The maximum Gasteiger partial charge on any atom is 0.349 e. The minimum atomic E-state index is -0.608. The van der Waals surface area contributed by atoms with Crippen LogP contribution in [-0.4, -0.2) is 20.1 Å². The van der Waals surface area contributed by atoms with Crippen molar-refractivity contribution < 1.29 is 9.53 Å². The van der Waals surface area contributed by atoms with E-state index in [1.54, 1.807) is 6.08 Å². The van der Waals surface area contributed by atoms with Crippen molar-refractivity contribution in [3.8, 4) is 6.07 Å². The monoisotopic (exact) mass is 390 g/mol. The van der Waals surface area contributed by atoms with Crippen LogP contribution in [0.25, 0.3) is 6.08 Å². The summed E-state index contributed by atoms with van der Waals surface area (Å²) in [6.45, 7) is 10.7. The Morgan fingerprint density at radius 3 is 2.10 bits per heavy atom. The maximum absolute atomic E-state index is 12.5. The molecule has 4 heteroatoms. The van der Waals surface area contributed by atoms with E-state index in [1.165, 1.54) is 5.56 Å². The Morgan fingerprint density at radius 1 is 1.10 bits per heavy atom. The van der Waals surface area contributed by atoms with Crippen LogP contribution >= 0.6 is 0 Å². The predicted octanol–water partition coefficient (Wildman–Crippen LogP) is 5.32. The number of carbonyl (C=O) groups is 1. The number of aryl methyl sites for hydroxylation is 2. The van der Waals surface area contributed by atoms with Gasteiger partial charge in [-0.15, -0.1) is 0 Å². The second-order valence-electron chi connectivity index (χ2n) is 8.57. The van der Waals surface area contributed by atoms with Crippen molar-refractivity contribution in [2.24, 2.45) is 0 Å². The zero-order valence-corrected chi connectivity index (χ0v) is 18.5. The molecule has 0 aliphatic carbocycles. The molecule has 0 heterocycles. The average Bonchev–Trinajstić information content (AvgIpc) is 2.64. The van der Waals surface area contributed by atoms with E-state index in [9.17, 15) is 10.1 Å². The van der Waals surface area contributed by atoms with Gasteiger partial charge in [0, 0.05) is 19.8 Å². The number of anilines is 1. The highest BCUT2D eigenvalue weighted by molar-refractivity contribution is 5.97. The van der Waals surface area contributed by atoms with Gasteiger partial charge in [-0.05, 0) is 65.3 Å². The largest absolute Gasteiger partial charge is 0.457 e. The Labute approximate surface area is 174 Å².